The summed E-state index contributed by atoms with van der Waals surface area (Å²) in [5.74, 6) is -1.72. The van der Waals surface area contributed by atoms with Gasteiger partial charge in [0, 0.05) is 27.3 Å². The monoisotopic (exact) mass is 578 g/mol. The maximum atomic E-state index is 13.3. The minimum absolute atomic E-state index is 0.195. The maximum Gasteiger partial charge on any atom is 0.266 e. The van der Waals surface area contributed by atoms with Crippen molar-refractivity contribution >= 4 is 55.2 Å². The van der Waals surface area contributed by atoms with Crippen LogP contribution in [-0.2, 0) is 21.3 Å². The Balaban J connectivity index is 1.76. The lowest BCUT2D eigenvalue weighted by Crippen LogP contribution is -2.28. The van der Waals surface area contributed by atoms with Gasteiger partial charge < -0.3 is 10.6 Å². The van der Waals surface area contributed by atoms with Crippen LogP contribution in [0.1, 0.15) is 33.0 Å². The second-order valence-corrected chi connectivity index (χ2v) is 10.9. The van der Waals surface area contributed by atoms with Crippen LogP contribution < -0.4 is 10.6 Å². The highest BCUT2D eigenvalue weighted by Gasteiger charge is 2.22. The maximum absolute atomic E-state index is 13.3. The summed E-state index contributed by atoms with van der Waals surface area (Å²) in [6.07, 6.45) is 0.387. The Morgan fingerprint density at radius 2 is 1.69 bits per heavy atom. The van der Waals surface area contributed by atoms with E-state index in [1.807, 2.05) is 37.3 Å². The SMILES string of the molecule is Cc1ccc(NC(=O)C(Cc2ccc(C(=O)NCCS(=O)(=O)O)cc2)c2ccc(Br)cc2)cc1Cl. The number of amides is 2. The third kappa shape index (κ3) is 8.17. The molecule has 0 spiro atoms. The molecular formula is C25H24BrClN2O5S. The average molecular weight is 580 g/mol. The van der Waals surface area contributed by atoms with Crippen LogP contribution >= 0.6 is 27.5 Å². The first-order chi connectivity index (χ1) is 16.5. The van der Waals surface area contributed by atoms with E-state index >= 15 is 0 Å². The molecule has 10 heteroatoms. The fourth-order valence-corrected chi connectivity index (χ4v) is 4.19. The number of rotatable bonds is 9. The Kier molecular flexibility index (Phi) is 9.07. The molecule has 7 nitrogen and oxygen atoms in total. The Morgan fingerprint density at radius 1 is 1.03 bits per heavy atom. The largest absolute Gasteiger partial charge is 0.351 e. The van der Waals surface area contributed by atoms with E-state index in [4.69, 9.17) is 16.2 Å². The van der Waals surface area contributed by atoms with E-state index in [2.05, 4.69) is 26.6 Å². The molecule has 0 saturated carbocycles. The lowest BCUT2D eigenvalue weighted by molar-refractivity contribution is -0.117. The summed E-state index contributed by atoms with van der Waals surface area (Å²) in [6.45, 7) is 1.69. The van der Waals surface area contributed by atoms with Crippen LogP contribution in [0, 0.1) is 6.92 Å². The van der Waals surface area contributed by atoms with Crippen molar-refractivity contribution < 1.29 is 22.6 Å². The van der Waals surface area contributed by atoms with E-state index in [9.17, 15) is 18.0 Å². The van der Waals surface area contributed by atoms with Crippen molar-refractivity contribution in [3.8, 4) is 0 Å². The predicted molar refractivity (Wildman–Crippen MR) is 141 cm³/mol. The number of nitrogens with one attached hydrogen (secondary N) is 2. The molecule has 0 aliphatic heterocycles. The summed E-state index contributed by atoms with van der Waals surface area (Å²) in [6, 6.07) is 19.6. The number of benzene rings is 3. The summed E-state index contributed by atoms with van der Waals surface area (Å²) in [5.41, 5.74) is 3.52. The molecule has 0 saturated heterocycles. The number of carbonyl (C=O) groups excluding carboxylic acids is 2. The van der Waals surface area contributed by atoms with Gasteiger partial charge >= 0.3 is 0 Å². The fraction of sp³-hybridized carbons (Fsp3) is 0.200. The first-order valence-corrected chi connectivity index (χ1v) is 13.4. The zero-order valence-electron chi connectivity index (χ0n) is 18.8. The van der Waals surface area contributed by atoms with Crippen LogP contribution in [0.2, 0.25) is 5.02 Å². The van der Waals surface area contributed by atoms with Crippen LogP contribution in [0.15, 0.2) is 71.2 Å². The summed E-state index contributed by atoms with van der Waals surface area (Å²) >= 11 is 9.62. The predicted octanol–water partition coefficient (Wildman–Crippen LogP) is 4.99. The second kappa shape index (κ2) is 11.8. The molecule has 3 N–H and O–H groups in total. The van der Waals surface area contributed by atoms with E-state index in [-0.39, 0.29) is 12.5 Å². The van der Waals surface area contributed by atoms with Crippen LogP contribution in [0.4, 0.5) is 5.69 Å². The Morgan fingerprint density at radius 3 is 2.29 bits per heavy atom. The summed E-state index contributed by atoms with van der Waals surface area (Å²) in [5, 5.41) is 5.95. The highest BCUT2D eigenvalue weighted by Crippen LogP contribution is 2.26. The van der Waals surface area contributed by atoms with Gasteiger partial charge in [0.2, 0.25) is 5.91 Å². The van der Waals surface area contributed by atoms with Crippen LogP contribution in [0.3, 0.4) is 0 Å². The van der Waals surface area contributed by atoms with Crippen molar-refractivity contribution in [3.05, 3.63) is 98.5 Å². The van der Waals surface area contributed by atoms with Gasteiger partial charge in [0.1, 0.15) is 0 Å². The highest BCUT2D eigenvalue weighted by molar-refractivity contribution is 9.10. The molecular weight excluding hydrogens is 556 g/mol. The first-order valence-electron chi connectivity index (χ1n) is 10.7. The molecule has 0 aliphatic carbocycles. The summed E-state index contributed by atoms with van der Waals surface area (Å²) in [7, 11) is -4.15. The standard InChI is InChI=1S/C25H24BrClN2O5S/c1-16-2-11-21(15-23(16)27)29-25(31)22(18-7-9-20(26)10-8-18)14-17-3-5-19(6-4-17)24(30)28-12-13-35(32,33)34/h2-11,15,22H,12-14H2,1H3,(H,28,30)(H,29,31)(H,32,33,34). The van der Waals surface area contributed by atoms with Crippen LogP contribution in [0.25, 0.3) is 0 Å². The minimum atomic E-state index is -4.15. The van der Waals surface area contributed by atoms with E-state index in [0.717, 1.165) is 21.2 Å². The second-order valence-electron chi connectivity index (χ2n) is 8.00. The quantitative estimate of drug-likeness (QED) is 0.309. The van der Waals surface area contributed by atoms with Gasteiger partial charge in [0.25, 0.3) is 16.0 Å². The van der Waals surface area contributed by atoms with E-state index in [0.29, 0.717) is 22.7 Å². The minimum Gasteiger partial charge on any atom is -0.351 e. The number of aryl methyl sites for hydroxylation is 1. The topological polar surface area (TPSA) is 113 Å². The van der Waals surface area contributed by atoms with Crippen molar-refractivity contribution in [1.29, 1.82) is 0 Å². The third-order valence-electron chi connectivity index (χ3n) is 5.33. The molecule has 3 rings (SSSR count). The lowest BCUT2D eigenvalue weighted by atomic mass is 9.90. The zero-order valence-corrected chi connectivity index (χ0v) is 22.0. The van der Waals surface area contributed by atoms with Crippen molar-refractivity contribution in [2.24, 2.45) is 0 Å². The van der Waals surface area contributed by atoms with Gasteiger partial charge in [-0.3, -0.25) is 14.1 Å². The van der Waals surface area contributed by atoms with Crippen LogP contribution in [-0.4, -0.2) is 37.1 Å². The van der Waals surface area contributed by atoms with Gasteiger partial charge in [-0.15, -0.1) is 0 Å². The van der Waals surface area contributed by atoms with E-state index in [1.165, 1.54) is 0 Å². The molecule has 0 aliphatic rings. The smallest absolute Gasteiger partial charge is 0.266 e. The molecule has 184 valence electrons. The molecule has 2 amide bonds. The van der Waals surface area contributed by atoms with Gasteiger partial charge in [-0.05, 0) is 66.4 Å². The number of hydrogen-bond acceptors (Lipinski definition) is 4. The van der Waals surface area contributed by atoms with E-state index in [1.54, 1.807) is 36.4 Å². The zero-order chi connectivity index (χ0) is 25.6. The van der Waals surface area contributed by atoms with Crippen molar-refractivity contribution in [2.45, 2.75) is 19.3 Å². The molecule has 3 aromatic carbocycles. The van der Waals surface area contributed by atoms with Gasteiger partial charge in [0.05, 0.1) is 11.7 Å². The van der Waals surface area contributed by atoms with Gasteiger partial charge in [-0.1, -0.05) is 57.9 Å². The van der Waals surface area contributed by atoms with Gasteiger partial charge in [-0.25, -0.2) is 0 Å². The van der Waals surface area contributed by atoms with Gasteiger partial charge in [-0.2, -0.15) is 8.42 Å². The number of hydrogen-bond donors (Lipinski definition) is 3. The molecule has 0 fully saturated rings. The molecule has 0 bridgehead atoms. The average Bonchev–Trinajstić information content (AvgIpc) is 2.80. The first kappa shape index (κ1) is 26.9. The Labute approximate surface area is 217 Å². The van der Waals surface area contributed by atoms with E-state index < -0.39 is 27.7 Å². The number of anilines is 1. The van der Waals surface area contributed by atoms with Gasteiger partial charge in [0.15, 0.2) is 0 Å². The fourth-order valence-electron chi connectivity index (χ4n) is 3.38. The summed E-state index contributed by atoms with van der Waals surface area (Å²) < 4.78 is 31.3. The summed E-state index contributed by atoms with van der Waals surface area (Å²) in [4.78, 5) is 25.5. The molecule has 0 radical (unpaired) electrons. The van der Waals surface area contributed by atoms with Crippen molar-refractivity contribution in [2.75, 3.05) is 17.6 Å². The Hall–Kier alpha value is -2.72. The number of halogens is 2. The van der Waals surface area contributed by atoms with Crippen molar-refractivity contribution in [3.63, 3.8) is 0 Å². The molecule has 0 aromatic heterocycles. The molecule has 35 heavy (non-hydrogen) atoms. The number of carbonyl (C=O) groups is 2. The third-order valence-corrected chi connectivity index (χ3v) is 6.99. The van der Waals surface area contributed by atoms with Crippen molar-refractivity contribution in [1.82, 2.24) is 5.32 Å². The molecule has 3 aromatic rings. The lowest BCUT2D eigenvalue weighted by Gasteiger charge is -2.18. The van der Waals surface area contributed by atoms with Crippen LogP contribution in [0.5, 0.6) is 0 Å². The normalized spacial score (nSPS) is 12.1. The molecule has 1 unspecified atom stereocenters. The Bertz CT molecular complexity index is 1310. The highest BCUT2D eigenvalue weighted by atomic mass is 79.9. The molecule has 1 atom stereocenters. The molecule has 0 heterocycles.